The molecule has 2 aliphatic heterocycles. The molecule has 5 amide bonds. The lowest BCUT2D eigenvalue weighted by Crippen LogP contribution is -2.62. The van der Waals surface area contributed by atoms with Crippen LogP contribution in [0, 0.1) is 71.0 Å². The van der Waals surface area contributed by atoms with E-state index >= 15 is 0 Å². The maximum absolute atomic E-state index is 12.7. The van der Waals surface area contributed by atoms with E-state index in [4.69, 9.17) is 25.4 Å². The van der Waals surface area contributed by atoms with Gasteiger partial charge in [0, 0.05) is 61.3 Å². The van der Waals surface area contributed by atoms with Crippen molar-refractivity contribution in [1.29, 1.82) is 0 Å². The smallest absolute Gasteiger partial charge is 0.315 e. The Hall–Kier alpha value is -3.83. The van der Waals surface area contributed by atoms with E-state index in [9.17, 15) is 28.8 Å². The van der Waals surface area contributed by atoms with Crippen molar-refractivity contribution in [2.75, 3.05) is 52.6 Å². The lowest BCUT2D eigenvalue weighted by Gasteiger charge is -2.56. The van der Waals surface area contributed by atoms with E-state index in [0.717, 1.165) is 157 Å². The van der Waals surface area contributed by atoms with Gasteiger partial charge in [-0.15, -0.1) is 0 Å². The van der Waals surface area contributed by atoms with E-state index in [-0.39, 0.29) is 64.6 Å². The first-order chi connectivity index (χ1) is 38.6. The Morgan fingerprint density at radius 1 is 0.487 bits per heavy atom. The molecule has 0 atom stereocenters. The number of isocyanates is 1. The monoisotopic (exact) mass is 1120 g/mol. The molecular weight excluding hydrogens is 1020 g/mol. The number of carboxylic acid groups (broad SMARTS) is 2. The molecule has 2 heterocycles. The Kier molecular flexibility index (Phi) is 19.9. The van der Waals surface area contributed by atoms with Crippen LogP contribution in [0.3, 0.4) is 0 Å². The summed E-state index contributed by atoms with van der Waals surface area (Å²) < 4.78 is 10.4. The second-order valence-electron chi connectivity index (χ2n) is 28.6. The summed E-state index contributed by atoms with van der Waals surface area (Å²) in [6.45, 7) is 6.61. The number of carbonyl (C=O) groups excluding carboxylic acids is 4. The van der Waals surface area contributed by atoms with Gasteiger partial charge in [0.25, 0.3) is 0 Å². The highest BCUT2D eigenvalue weighted by Crippen LogP contribution is 2.58. The molecule has 17 rings (SSSR count). The van der Waals surface area contributed by atoms with Gasteiger partial charge < -0.3 is 56.9 Å². The van der Waals surface area contributed by atoms with Crippen LogP contribution in [0.15, 0.2) is 4.99 Å². The number of rotatable bonds is 8. The van der Waals surface area contributed by atoms with Gasteiger partial charge in [0.1, 0.15) is 0 Å². The van der Waals surface area contributed by atoms with Gasteiger partial charge in [0.05, 0.1) is 43.8 Å². The van der Waals surface area contributed by atoms with Crippen LogP contribution < -0.4 is 32.3 Å². The number of aliphatic carboxylic acids is 2. The third-order valence-corrected chi connectivity index (χ3v) is 22.2. The fourth-order valence-electron chi connectivity index (χ4n) is 19.6. The largest absolute Gasteiger partial charge is 0.481 e. The number of ether oxygens (including phenoxy) is 2. The number of urea groups is 2. The fraction of sp³-hybridized carbons (Fsp3) is 0.903. The average Bonchev–Trinajstić information content (AvgIpc) is 3.59. The number of nitrogens with one attached hydrogen (secondary N) is 5. The van der Waals surface area contributed by atoms with Crippen molar-refractivity contribution in [3.63, 3.8) is 0 Å². The molecule has 0 aromatic rings. The van der Waals surface area contributed by atoms with Crippen molar-refractivity contribution in [2.45, 2.75) is 227 Å². The van der Waals surface area contributed by atoms with Gasteiger partial charge in [-0.05, 0) is 246 Å². The highest BCUT2D eigenvalue weighted by molar-refractivity contribution is 5.79. The van der Waals surface area contributed by atoms with E-state index < -0.39 is 11.9 Å². The molecule has 0 aromatic carbocycles. The maximum atomic E-state index is 12.7. The van der Waals surface area contributed by atoms with Crippen molar-refractivity contribution < 1.29 is 48.5 Å². The Balaban J connectivity index is 0.000000123. The van der Waals surface area contributed by atoms with E-state index in [1.165, 1.54) is 116 Å². The van der Waals surface area contributed by atoms with Crippen LogP contribution in [0.25, 0.3) is 0 Å². The molecule has 9 N–H and O–H groups in total. The Bertz CT molecular complexity index is 2040. The minimum atomic E-state index is -0.693. The normalized spacial score (nSPS) is 42.1. The van der Waals surface area contributed by atoms with Crippen LogP contribution in [0.2, 0.25) is 0 Å². The number of nitrogens with two attached hydrogens (primary N) is 1. The lowest BCUT2D eigenvalue weighted by atomic mass is 9.53. The summed E-state index contributed by atoms with van der Waals surface area (Å²) in [6.07, 6.45) is 34.7. The minimum Gasteiger partial charge on any atom is -0.481 e. The van der Waals surface area contributed by atoms with Crippen molar-refractivity contribution in [1.82, 2.24) is 31.5 Å². The molecule has 15 aliphatic carbocycles. The Morgan fingerprint density at radius 2 is 0.825 bits per heavy atom. The number of hydrogen-bond donors (Lipinski definition) is 8. The highest BCUT2D eigenvalue weighted by Gasteiger charge is 2.54. The van der Waals surface area contributed by atoms with Crippen LogP contribution in [-0.2, 0) is 28.7 Å². The predicted molar refractivity (Wildman–Crippen MR) is 302 cm³/mol. The van der Waals surface area contributed by atoms with Gasteiger partial charge in [-0.2, -0.15) is 4.99 Å². The molecule has 15 saturated carbocycles. The van der Waals surface area contributed by atoms with E-state index in [1.54, 1.807) is 6.08 Å². The molecule has 0 spiro atoms. The quantitative estimate of drug-likeness (QED) is 0.0848. The number of carboxylic acids is 2. The number of nitrogens with zero attached hydrogens (tertiary/aromatic N) is 2. The van der Waals surface area contributed by atoms with Crippen molar-refractivity contribution in [2.24, 2.45) is 81.7 Å². The first-order valence-electron chi connectivity index (χ1n) is 32.2. The van der Waals surface area contributed by atoms with Gasteiger partial charge >= 0.3 is 24.0 Å². The van der Waals surface area contributed by atoms with Gasteiger partial charge in [0.2, 0.25) is 12.0 Å². The molecule has 0 radical (unpaired) electrons. The van der Waals surface area contributed by atoms with Crippen molar-refractivity contribution in [3.05, 3.63) is 0 Å². The number of amides is 5. The zero-order valence-electron chi connectivity index (χ0n) is 48.2. The fourth-order valence-corrected chi connectivity index (χ4v) is 19.6. The van der Waals surface area contributed by atoms with Gasteiger partial charge in [-0.3, -0.25) is 14.4 Å². The van der Waals surface area contributed by atoms with Crippen molar-refractivity contribution in [3.8, 4) is 0 Å². The number of aliphatic imine (C=N–C) groups is 1. The zero-order valence-corrected chi connectivity index (χ0v) is 48.2. The summed E-state index contributed by atoms with van der Waals surface area (Å²) in [6, 6.07) is 0.605. The van der Waals surface area contributed by atoms with Gasteiger partial charge in [-0.1, -0.05) is 0 Å². The summed E-state index contributed by atoms with van der Waals surface area (Å²) in [5, 5.41) is 33.9. The van der Waals surface area contributed by atoms with Gasteiger partial charge in [-0.25, -0.2) is 14.4 Å². The minimum absolute atomic E-state index is 0.0225. The van der Waals surface area contributed by atoms with Crippen LogP contribution >= 0.6 is 0 Å². The third kappa shape index (κ3) is 15.7. The molecule has 0 aromatic heterocycles. The van der Waals surface area contributed by atoms with Crippen LogP contribution in [0.4, 0.5) is 9.59 Å². The molecule has 80 heavy (non-hydrogen) atoms. The molecule has 2 saturated heterocycles. The van der Waals surface area contributed by atoms with Crippen LogP contribution in [-0.4, -0.2) is 138 Å². The second-order valence-corrected chi connectivity index (χ2v) is 28.6. The summed E-state index contributed by atoms with van der Waals surface area (Å²) in [5.74, 6) is 6.35. The zero-order chi connectivity index (χ0) is 55.9. The predicted octanol–water partition coefficient (Wildman–Crippen LogP) is 8.06. The first kappa shape index (κ1) is 59.3. The molecule has 17 aliphatic rings. The molecular formula is C62H100N8O10. The standard InChI is InChI=1S/C22H35N3O3.C18H28N2O3.C11H15NO.C7H13NO2.C4H9NO/c26-20(25-5-7-28-8-6-25)18-1-3-19(4-2-18)23-21(27)24-22-12-15-9-16(13-22)11-17(10-15)14-22;21-16(22)14-1-3-15(4-2-14)19-17(23)20-18-8-11-5-12(9-18)7-13(6-11)10-18;13-7-12-11-4-8-1-9(5-11)3-10(2-8)6-11;8-6-3-1-5(2-4-6)7(9)10;1-3-6-4-2-5-1/h15-19H,1-14H2,(H2,23,24,27);11-15H,1-10H2,(H,21,22)(H2,19,20,23);8-10H,1-6H2;5-6H,1-4,8H2,(H,9,10);5H,1-4H2. The first-order valence-corrected chi connectivity index (χ1v) is 32.2. The Morgan fingerprint density at radius 3 is 1.15 bits per heavy atom. The highest BCUT2D eigenvalue weighted by atomic mass is 16.5. The second kappa shape index (κ2) is 26.8. The summed E-state index contributed by atoms with van der Waals surface area (Å²) >= 11 is 0. The maximum Gasteiger partial charge on any atom is 0.315 e. The third-order valence-electron chi connectivity index (χ3n) is 22.2. The van der Waals surface area contributed by atoms with Crippen LogP contribution in [0.5, 0.6) is 0 Å². The lowest BCUT2D eigenvalue weighted by molar-refractivity contribution is -0.143. The van der Waals surface area contributed by atoms with E-state index in [1.807, 2.05) is 4.90 Å². The summed E-state index contributed by atoms with van der Waals surface area (Å²) in [4.78, 5) is 75.8. The summed E-state index contributed by atoms with van der Waals surface area (Å²) in [7, 11) is 0. The number of morpholine rings is 2. The van der Waals surface area contributed by atoms with Gasteiger partial charge in [0.15, 0.2) is 0 Å². The number of carbonyl (C=O) groups is 5. The SMILES string of the molecule is C1COCCN1.NC1CCC(C(=O)O)CC1.O=C(NC1CCC(C(=O)N2CCOCC2)CC1)NC12CC3CC(CC(C3)C1)C2.O=C(NC1CCC(C(=O)O)CC1)NC12CC3CC(CC(C3)C1)C2.O=C=NC12CC3CC(CC(C3)C1)C2. The summed E-state index contributed by atoms with van der Waals surface area (Å²) in [5.41, 5.74) is 5.78. The van der Waals surface area contributed by atoms with Crippen molar-refractivity contribution >= 4 is 36.0 Å². The molecule has 18 nitrogen and oxygen atoms in total. The molecule has 17 fully saturated rings. The molecule has 448 valence electrons. The topological polar surface area (TPSA) is 263 Å². The molecule has 0 unspecified atom stereocenters. The van der Waals surface area contributed by atoms with E-state index in [2.05, 4.69) is 31.6 Å². The average molecular weight is 1120 g/mol. The Labute approximate surface area is 475 Å². The van der Waals surface area contributed by atoms with Crippen LogP contribution in [0.1, 0.15) is 193 Å². The number of hydrogen-bond acceptors (Lipinski definition) is 11. The molecule has 12 bridgehead atoms. The molecule has 18 heteroatoms. The van der Waals surface area contributed by atoms with E-state index in [0.29, 0.717) is 32.0 Å².